The molecule has 5 nitrogen and oxygen atoms in total. The van der Waals surface area contributed by atoms with Crippen molar-refractivity contribution >= 4 is 5.91 Å². The lowest BCUT2D eigenvalue weighted by molar-refractivity contribution is -0.132. The Morgan fingerprint density at radius 3 is 2.84 bits per heavy atom. The van der Waals surface area contributed by atoms with Gasteiger partial charge in [0.1, 0.15) is 5.82 Å². The summed E-state index contributed by atoms with van der Waals surface area (Å²) in [5.74, 6) is 1.11. The second-order valence-electron chi connectivity index (χ2n) is 8.07. The van der Waals surface area contributed by atoms with Crippen LogP contribution in [0.1, 0.15) is 68.2 Å². The molecule has 0 spiro atoms. The first-order valence-corrected chi connectivity index (χ1v) is 10.0. The van der Waals surface area contributed by atoms with Gasteiger partial charge in [-0.1, -0.05) is 6.92 Å². The predicted octanol–water partition coefficient (Wildman–Crippen LogP) is 2.24. The van der Waals surface area contributed by atoms with E-state index in [0.717, 1.165) is 50.0 Å². The van der Waals surface area contributed by atoms with E-state index in [1.54, 1.807) is 0 Å². The lowest BCUT2D eigenvalue weighted by Crippen LogP contribution is -2.48. The highest BCUT2D eigenvalue weighted by atomic mass is 16.2. The van der Waals surface area contributed by atoms with Crippen molar-refractivity contribution in [1.29, 1.82) is 0 Å². The van der Waals surface area contributed by atoms with E-state index in [4.69, 9.17) is 4.98 Å². The van der Waals surface area contributed by atoms with E-state index < -0.39 is 0 Å². The van der Waals surface area contributed by atoms with E-state index in [2.05, 4.69) is 29.5 Å². The van der Waals surface area contributed by atoms with E-state index in [1.807, 2.05) is 0 Å². The second-order valence-corrected chi connectivity index (χ2v) is 8.07. The lowest BCUT2D eigenvalue weighted by atomic mass is 9.71. The molecule has 0 radical (unpaired) electrons. The Kier molecular flexibility index (Phi) is 4.52. The number of aromatic nitrogens is 2. The zero-order chi connectivity index (χ0) is 17.4. The third-order valence-electron chi connectivity index (χ3n) is 6.67. The lowest BCUT2D eigenvalue weighted by Gasteiger charge is -2.34. The first-order chi connectivity index (χ1) is 12.1. The van der Waals surface area contributed by atoms with Crippen LogP contribution in [0.2, 0.25) is 0 Å². The standard InChI is InChI=1S/C20H30N4O/c1-3-20(12-14-8-9-17(20)23-14)19(25)21-11-10-18-22-13(2)15-6-4-5-7-16(15)24-18/h14,17,23H,3-12H2,1-2H3,(H,21,25)/t14-,17+,20+/m0/s1. The van der Waals surface area contributed by atoms with Gasteiger partial charge in [0, 0.05) is 36.4 Å². The summed E-state index contributed by atoms with van der Waals surface area (Å²) in [7, 11) is 0. The Morgan fingerprint density at radius 2 is 2.12 bits per heavy atom. The quantitative estimate of drug-likeness (QED) is 0.861. The molecule has 2 N–H and O–H groups in total. The fourth-order valence-corrected chi connectivity index (χ4v) is 5.22. The minimum absolute atomic E-state index is 0.199. The Bertz CT molecular complexity index is 674. The van der Waals surface area contributed by atoms with Gasteiger partial charge in [-0.2, -0.15) is 0 Å². The molecule has 0 aromatic carbocycles. The van der Waals surface area contributed by atoms with Gasteiger partial charge in [0.2, 0.25) is 5.91 Å². The van der Waals surface area contributed by atoms with Gasteiger partial charge >= 0.3 is 0 Å². The van der Waals surface area contributed by atoms with Gasteiger partial charge in [0.25, 0.3) is 0 Å². The monoisotopic (exact) mass is 342 g/mol. The SMILES string of the molecule is CC[C@@]1(C(=O)NCCc2nc(C)c3c(n2)CCCC3)C[C@@H]2CC[C@H]1N2. The molecule has 2 saturated heterocycles. The number of nitrogens with one attached hydrogen (secondary N) is 2. The predicted molar refractivity (Wildman–Crippen MR) is 97.4 cm³/mol. The van der Waals surface area contributed by atoms with Crippen LogP contribution in [-0.4, -0.2) is 34.5 Å². The maximum Gasteiger partial charge on any atom is 0.227 e. The summed E-state index contributed by atoms with van der Waals surface area (Å²) in [6.07, 6.45) is 9.67. The third kappa shape index (κ3) is 2.97. The molecule has 136 valence electrons. The zero-order valence-corrected chi connectivity index (χ0v) is 15.5. The molecule has 2 bridgehead atoms. The summed E-state index contributed by atoms with van der Waals surface area (Å²) in [6.45, 7) is 4.88. The molecule has 3 atom stereocenters. The highest BCUT2D eigenvalue weighted by molar-refractivity contribution is 5.84. The zero-order valence-electron chi connectivity index (χ0n) is 15.5. The van der Waals surface area contributed by atoms with Crippen molar-refractivity contribution in [3.05, 3.63) is 22.8 Å². The normalized spacial score (nSPS) is 30.3. The Balaban J connectivity index is 1.38. The van der Waals surface area contributed by atoms with E-state index in [-0.39, 0.29) is 11.3 Å². The van der Waals surface area contributed by atoms with Gasteiger partial charge < -0.3 is 10.6 Å². The number of fused-ring (bicyclic) bond motifs is 3. The van der Waals surface area contributed by atoms with Crippen molar-refractivity contribution < 1.29 is 4.79 Å². The average molecular weight is 342 g/mol. The first kappa shape index (κ1) is 17.0. The number of amides is 1. The number of hydrogen-bond donors (Lipinski definition) is 2. The Hall–Kier alpha value is -1.49. The van der Waals surface area contributed by atoms with Crippen LogP contribution in [0.5, 0.6) is 0 Å². The molecule has 0 saturated carbocycles. The van der Waals surface area contributed by atoms with Crippen LogP contribution in [0.25, 0.3) is 0 Å². The molecule has 3 heterocycles. The average Bonchev–Trinajstić information content (AvgIpc) is 3.23. The van der Waals surface area contributed by atoms with Gasteiger partial charge in [-0.15, -0.1) is 0 Å². The van der Waals surface area contributed by atoms with E-state index in [9.17, 15) is 4.79 Å². The molecule has 3 aliphatic rings. The third-order valence-corrected chi connectivity index (χ3v) is 6.67. The number of nitrogens with zero attached hydrogens (tertiary/aromatic N) is 2. The van der Waals surface area contributed by atoms with Crippen molar-refractivity contribution in [1.82, 2.24) is 20.6 Å². The molecule has 2 fully saturated rings. The van der Waals surface area contributed by atoms with Gasteiger partial charge in [0.15, 0.2) is 0 Å². The molecule has 1 amide bonds. The molecule has 1 aromatic rings. The van der Waals surface area contributed by atoms with Gasteiger partial charge in [-0.05, 0) is 63.9 Å². The first-order valence-electron chi connectivity index (χ1n) is 10.0. The molecule has 1 aliphatic carbocycles. The Morgan fingerprint density at radius 1 is 1.28 bits per heavy atom. The number of carbonyl (C=O) groups is 1. The van der Waals surface area contributed by atoms with Gasteiger partial charge in [-0.25, -0.2) is 9.97 Å². The summed E-state index contributed by atoms with van der Waals surface area (Å²) in [6, 6.07) is 0.909. The molecule has 25 heavy (non-hydrogen) atoms. The van der Waals surface area contributed by atoms with Crippen LogP contribution in [0.15, 0.2) is 0 Å². The summed E-state index contributed by atoms with van der Waals surface area (Å²) in [5.41, 5.74) is 3.53. The summed E-state index contributed by atoms with van der Waals surface area (Å²) in [5, 5.41) is 6.81. The van der Waals surface area contributed by atoms with Crippen molar-refractivity contribution in [3.8, 4) is 0 Å². The van der Waals surface area contributed by atoms with Crippen molar-refractivity contribution in [3.63, 3.8) is 0 Å². The van der Waals surface area contributed by atoms with Crippen molar-refractivity contribution in [2.75, 3.05) is 6.54 Å². The topological polar surface area (TPSA) is 66.9 Å². The number of aryl methyl sites for hydroxylation is 2. The van der Waals surface area contributed by atoms with Crippen LogP contribution in [-0.2, 0) is 24.1 Å². The minimum Gasteiger partial charge on any atom is -0.355 e. The van der Waals surface area contributed by atoms with E-state index in [1.165, 1.54) is 30.5 Å². The highest BCUT2D eigenvalue weighted by Crippen LogP contribution is 2.45. The van der Waals surface area contributed by atoms with Crippen LogP contribution >= 0.6 is 0 Å². The van der Waals surface area contributed by atoms with Crippen molar-refractivity contribution in [2.45, 2.75) is 83.7 Å². The molecule has 4 rings (SSSR count). The molecule has 2 aliphatic heterocycles. The molecule has 1 aromatic heterocycles. The Labute approximate surface area is 150 Å². The smallest absolute Gasteiger partial charge is 0.227 e. The highest BCUT2D eigenvalue weighted by Gasteiger charge is 2.54. The van der Waals surface area contributed by atoms with Crippen LogP contribution in [0, 0.1) is 12.3 Å². The maximum atomic E-state index is 12.9. The largest absolute Gasteiger partial charge is 0.355 e. The number of rotatable bonds is 5. The fraction of sp³-hybridized carbons (Fsp3) is 0.750. The van der Waals surface area contributed by atoms with E-state index >= 15 is 0 Å². The van der Waals surface area contributed by atoms with Crippen LogP contribution in [0.3, 0.4) is 0 Å². The second kappa shape index (κ2) is 6.67. The van der Waals surface area contributed by atoms with Crippen LogP contribution < -0.4 is 10.6 Å². The van der Waals surface area contributed by atoms with Gasteiger partial charge in [-0.3, -0.25) is 4.79 Å². The fourth-order valence-electron chi connectivity index (χ4n) is 5.22. The summed E-state index contributed by atoms with van der Waals surface area (Å²) in [4.78, 5) is 22.3. The molecular weight excluding hydrogens is 312 g/mol. The van der Waals surface area contributed by atoms with Gasteiger partial charge in [0.05, 0.1) is 5.41 Å². The number of carbonyl (C=O) groups excluding carboxylic acids is 1. The summed E-state index contributed by atoms with van der Waals surface area (Å²) >= 11 is 0. The molecule has 0 unspecified atom stereocenters. The molecular formula is C20H30N4O. The maximum absolute atomic E-state index is 12.9. The summed E-state index contributed by atoms with van der Waals surface area (Å²) < 4.78 is 0. The van der Waals surface area contributed by atoms with Crippen molar-refractivity contribution in [2.24, 2.45) is 5.41 Å². The minimum atomic E-state index is -0.199. The molecule has 5 heteroatoms. The number of hydrogen-bond acceptors (Lipinski definition) is 4. The van der Waals surface area contributed by atoms with Crippen LogP contribution in [0.4, 0.5) is 0 Å². The van der Waals surface area contributed by atoms with E-state index in [0.29, 0.717) is 18.6 Å².